The Balaban J connectivity index is 1.94. The molecule has 1 atom stereocenters. The minimum atomic E-state index is -0.413. The van der Waals surface area contributed by atoms with E-state index in [4.69, 9.17) is 5.73 Å². The van der Waals surface area contributed by atoms with E-state index in [0.717, 1.165) is 18.4 Å². The Morgan fingerprint density at radius 1 is 1.59 bits per heavy atom. The van der Waals surface area contributed by atoms with Crippen molar-refractivity contribution in [3.63, 3.8) is 0 Å². The smallest absolute Gasteiger partial charge is 0.226 e. The van der Waals surface area contributed by atoms with E-state index >= 15 is 0 Å². The van der Waals surface area contributed by atoms with E-state index in [1.165, 1.54) is 6.07 Å². The summed E-state index contributed by atoms with van der Waals surface area (Å²) >= 11 is 0. The lowest BCUT2D eigenvalue weighted by atomic mass is 10.1. The second-order valence-corrected chi connectivity index (χ2v) is 4.74. The average molecular weight is 236 g/mol. The lowest BCUT2D eigenvalue weighted by Gasteiger charge is -2.11. The van der Waals surface area contributed by atoms with Gasteiger partial charge in [-0.1, -0.05) is 6.07 Å². The maximum Gasteiger partial charge on any atom is 0.226 e. The molecule has 1 aliphatic carbocycles. The van der Waals surface area contributed by atoms with Crippen LogP contribution in [0.2, 0.25) is 0 Å². The molecule has 1 unspecified atom stereocenters. The zero-order valence-electron chi connectivity index (χ0n) is 9.87. The molecular formula is C13H17FN2O. The van der Waals surface area contributed by atoms with Gasteiger partial charge in [0.1, 0.15) is 5.82 Å². The van der Waals surface area contributed by atoms with Gasteiger partial charge in [-0.05, 0) is 43.4 Å². The van der Waals surface area contributed by atoms with Crippen LogP contribution in [0.15, 0.2) is 18.2 Å². The molecule has 1 aromatic carbocycles. The van der Waals surface area contributed by atoms with Crippen molar-refractivity contribution < 1.29 is 9.18 Å². The number of carbonyl (C=O) groups is 1. The summed E-state index contributed by atoms with van der Waals surface area (Å²) < 4.78 is 13.4. The highest BCUT2D eigenvalue weighted by Crippen LogP contribution is 2.32. The van der Waals surface area contributed by atoms with Gasteiger partial charge in [-0.3, -0.25) is 4.79 Å². The number of benzene rings is 1. The van der Waals surface area contributed by atoms with Crippen LogP contribution >= 0.6 is 0 Å². The van der Waals surface area contributed by atoms with E-state index in [-0.39, 0.29) is 24.1 Å². The van der Waals surface area contributed by atoms with E-state index in [9.17, 15) is 9.18 Å². The Bertz CT molecular complexity index is 429. The highest BCUT2D eigenvalue weighted by atomic mass is 19.1. The maximum atomic E-state index is 13.4. The summed E-state index contributed by atoms with van der Waals surface area (Å²) in [5, 5.41) is 2.57. The standard InChI is InChI=1S/C13H17FN2O/c1-8-2-5-10(14)12(6-8)16-13(17)7-11(15)9-3-4-9/h2,5-6,9,11H,3-4,7,15H2,1H3,(H,16,17). The molecule has 3 N–H and O–H groups in total. The second-order valence-electron chi connectivity index (χ2n) is 4.74. The van der Waals surface area contributed by atoms with Crippen molar-refractivity contribution in [2.45, 2.75) is 32.2 Å². The van der Waals surface area contributed by atoms with Crippen LogP contribution in [0, 0.1) is 18.7 Å². The molecule has 0 aromatic heterocycles. The molecule has 2 rings (SSSR count). The third-order valence-electron chi connectivity index (χ3n) is 3.04. The van der Waals surface area contributed by atoms with Crippen molar-refractivity contribution in [1.29, 1.82) is 0 Å². The molecule has 0 heterocycles. The first-order valence-corrected chi connectivity index (χ1v) is 5.88. The molecular weight excluding hydrogens is 219 g/mol. The number of rotatable bonds is 4. The van der Waals surface area contributed by atoms with Crippen LogP contribution in [-0.2, 0) is 4.79 Å². The number of aryl methyl sites for hydroxylation is 1. The Labute approximate surface area is 100 Å². The van der Waals surface area contributed by atoms with Crippen LogP contribution in [-0.4, -0.2) is 11.9 Å². The van der Waals surface area contributed by atoms with Crippen LogP contribution < -0.4 is 11.1 Å². The summed E-state index contributed by atoms with van der Waals surface area (Å²) in [6.45, 7) is 1.85. The van der Waals surface area contributed by atoms with Gasteiger partial charge < -0.3 is 11.1 Å². The van der Waals surface area contributed by atoms with Gasteiger partial charge in [-0.2, -0.15) is 0 Å². The second kappa shape index (κ2) is 4.84. The Morgan fingerprint density at radius 3 is 2.94 bits per heavy atom. The average Bonchev–Trinajstić information content (AvgIpc) is 3.06. The van der Waals surface area contributed by atoms with Crippen molar-refractivity contribution in [1.82, 2.24) is 0 Å². The molecule has 1 aliphatic rings. The number of nitrogens with two attached hydrogens (primary N) is 1. The molecule has 92 valence electrons. The minimum absolute atomic E-state index is 0.0946. The third-order valence-corrected chi connectivity index (χ3v) is 3.04. The minimum Gasteiger partial charge on any atom is -0.327 e. The Hall–Kier alpha value is -1.42. The van der Waals surface area contributed by atoms with Crippen LogP contribution in [0.4, 0.5) is 10.1 Å². The summed E-state index contributed by atoms with van der Waals surface area (Å²) in [5.74, 6) is -0.152. The summed E-state index contributed by atoms with van der Waals surface area (Å²) in [6.07, 6.45) is 2.47. The van der Waals surface area contributed by atoms with Crippen molar-refractivity contribution in [2.75, 3.05) is 5.32 Å². The molecule has 0 saturated heterocycles. The van der Waals surface area contributed by atoms with Gasteiger partial charge in [0.2, 0.25) is 5.91 Å². The fraction of sp³-hybridized carbons (Fsp3) is 0.462. The van der Waals surface area contributed by atoms with Gasteiger partial charge >= 0.3 is 0 Å². The Kier molecular flexibility index (Phi) is 3.43. The molecule has 17 heavy (non-hydrogen) atoms. The van der Waals surface area contributed by atoms with Gasteiger partial charge in [0.25, 0.3) is 0 Å². The van der Waals surface area contributed by atoms with Crippen molar-refractivity contribution in [3.8, 4) is 0 Å². The Morgan fingerprint density at radius 2 is 2.29 bits per heavy atom. The van der Waals surface area contributed by atoms with Crippen LogP contribution in [0.5, 0.6) is 0 Å². The van der Waals surface area contributed by atoms with Crippen molar-refractivity contribution in [2.24, 2.45) is 11.7 Å². The van der Waals surface area contributed by atoms with E-state index in [1.54, 1.807) is 12.1 Å². The van der Waals surface area contributed by atoms with Gasteiger partial charge in [0.05, 0.1) is 5.69 Å². The molecule has 1 fully saturated rings. The van der Waals surface area contributed by atoms with Crippen molar-refractivity contribution >= 4 is 11.6 Å². The fourth-order valence-corrected chi connectivity index (χ4v) is 1.84. The first-order chi connectivity index (χ1) is 8.06. The molecule has 1 amide bonds. The summed E-state index contributed by atoms with van der Waals surface area (Å²) in [6, 6.07) is 4.55. The quantitative estimate of drug-likeness (QED) is 0.842. The maximum absolute atomic E-state index is 13.4. The van der Waals surface area contributed by atoms with Crippen LogP contribution in [0.1, 0.15) is 24.8 Å². The number of anilines is 1. The topological polar surface area (TPSA) is 55.1 Å². The normalized spacial score (nSPS) is 16.6. The monoisotopic (exact) mass is 236 g/mol. The zero-order chi connectivity index (χ0) is 12.4. The van der Waals surface area contributed by atoms with Gasteiger partial charge in [-0.25, -0.2) is 4.39 Å². The highest BCUT2D eigenvalue weighted by Gasteiger charge is 2.29. The summed E-state index contributed by atoms with van der Waals surface area (Å²) in [4.78, 5) is 11.7. The molecule has 0 spiro atoms. The third kappa shape index (κ3) is 3.27. The number of nitrogens with one attached hydrogen (secondary N) is 1. The first kappa shape index (κ1) is 12.0. The molecule has 4 heteroatoms. The summed E-state index contributed by atoms with van der Waals surface area (Å²) in [5.41, 5.74) is 6.99. The van der Waals surface area contributed by atoms with Gasteiger partial charge in [-0.15, -0.1) is 0 Å². The number of carbonyl (C=O) groups excluding carboxylic acids is 1. The van der Waals surface area contributed by atoms with E-state index < -0.39 is 5.82 Å². The zero-order valence-corrected chi connectivity index (χ0v) is 9.87. The fourth-order valence-electron chi connectivity index (χ4n) is 1.84. The molecule has 1 saturated carbocycles. The largest absolute Gasteiger partial charge is 0.327 e. The SMILES string of the molecule is Cc1ccc(F)c(NC(=O)CC(N)C2CC2)c1. The number of amides is 1. The molecule has 0 radical (unpaired) electrons. The van der Waals surface area contributed by atoms with Crippen molar-refractivity contribution in [3.05, 3.63) is 29.6 Å². The predicted octanol–water partition coefficient (Wildman–Crippen LogP) is 2.20. The lowest BCUT2D eigenvalue weighted by molar-refractivity contribution is -0.116. The molecule has 1 aromatic rings. The summed E-state index contributed by atoms with van der Waals surface area (Å²) in [7, 11) is 0. The molecule has 0 bridgehead atoms. The number of hydrogen-bond acceptors (Lipinski definition) is 2. The van der Waals surface area contributed by atoms with Crippen LogP contribution in [0.3, 0.4) is 0 Å². The van der Waals surface area contributed by atoms with E-state index in [0.29, 0.717) is 5.92 Å². The van der Waals surface area contributed by atoms with E-state index in [1.807, 2.05) is 6.92 Å². The lowest BCUT2D eigenvalue weighted by Crippen LogP contribution is -2.29. The van der Waals surface area contributed by atoms with E-state index in [2.05, 4.69) is 5.32 Å². The van der Waals surface area contributed by atoms with Gasteiger partial charge in [0.15, 0.2) is 0 Å². The highest BCUT2D eigenvalue weighted by molar-refractivity contribution is 5.91. The number of hydrogen-bond donors (Lipinski definition) is 2. The van der Waals surface area contributed by atoms with Crippen LogP contribution in [0.25, 0.3) is 0 Å². The predicted molar refractivity (Wildman–Crippen MR) is 65.1 cm³/mol. The first-order valence-electron chi connectivity index (χ1n) is 5.88. The molecule has 0 aliphatic heterocycles. The molecule has 3 nitrogen and oxygen atoms in total. The van der Waals surface area contributed by atoms with Gasteiger partial charge in [0, 0.05) is 12.5 Å². The number of halogens is 1.